The van der Waals surface area contributed by atoms with Gasteiger partial charge in [0.1, 0.15) is 0 Å². The second kappa shape index (κ2) is 7.63. The number of hydrogen-bond acceptors (Lipinski definition) is 5. The van der Waals surface area contributed by atoms with Crippen LogP contribution in [0.5, 0.6) is 0 Å². The quantitative estimate of drug-likeness (QED) is 0.733. The normalized spacial score (nSPS) is 17.8. The van der Waals surface area contributed by atoms with E-state index < -0.39 is 11.0 Å². The van der Waals surface area contributed by atoms with E-state index in [9.17, 15) is 9.11 Å². The van der Waals surface area contributed by atoms with E-state index in [0.717, 1.165) is 29.9 Å². The van der Waals surface area contributed by atoms with Gasteiger partial charge < -0.3 is 5.32 Å². The number of rotatable bonds is 5. The van der Waals surface area contributed by atoms with Crippen LogP contribution in [0.3, 0.4) is 0 Å². The number of anilines is 2. The Labute approximate surface area is 151 Å². The standard InChI is InChI=1S/C17H23N3O2S.ClH/c1-18-13-12-15(14-8-4-3-5-9-14)20-17-11-7-6-10-16(17)19(2)23(20,21)22;/h3-11,15,18,21-22H,12-13H2,1-2H3;1H/t15-;/m1./s1. The molecule has 2 aromatic carbocycles. The van der Waals surface area contributed by atoms with Gasteiger partial charge in [0.2, 0.25) is 0 Å². The summed E-state index contributed by atoms with van der Waals surface area (Å²) < 4.78 is 25.0. The molecule has 1 heterocycles. The Morgan fingerprint density at radius 2 is 1.58 bits per heavy atom. The number of halogens is 1. The Bertz CT molecular complexity index is 672. The molecular formula is C17H24ClN3O2S. The third-order valence-corrected chi connectivity index (χ3v) is 6.14. The first-order valence-electron chi connectivity index (χ1n) is 7.67. The van der Waals surface area contributed by atoms with Gasteiger partial charge in [-0.05, 0) is 48.7 Å². The van der Waals surface area contributed by atoms with Crippen LogP contribution in [0.15, 0.2) is 54.6 Å². The lowest BCUT2D eigenvalue weighted by Gasteiger charge is -2.46. The molecule has 132 valence electrons. The van der Waals surface area contributed by atoms with E-state index in [1.54, 1.807) is 15.7 Å². The number of fused-ring (bicyclic) bond motifs is 1. The maximum absolute atomic E-state index is 10.8. The lowest BCUT2D eigenvalue weighted by Crippen LogP contribution is -2.35. The molecule has 5 nitrogen and oxygen atoms in total. The minimum Gasteiger partial charge on any atom is -0.320 e. The maximum Gasteiger partial charge on any atom is 0.0844 e. The van der Waals surface area contributed by atoms with Gasteiger partial charge in [0.15, 0.2) is 0 Å². The molecule has 1 aliphatic rings. The summed E-state index contributed by atoms with van der Waals surface area (Å²) in [6.07, 6.45) is 0.776. The SMILES string of the molecule is CNCC[C@H](c1ccccc1)N1c2ccccc2N(C)S1(O)O.Cl. The summed E-state index contributed by atoms with van der Waals surface area (Å²) in [7, 11) is 0.573. The molecule has 3 rings (SSSR count). The molecule has 0 spiro atoms. The molecule has 1 atom stereocenters. The van der Waals surface area contributed by atoms with Crippen molar-refractivity contribution in [1.82, 2.24) is 5.32 Å². The Morgan fingerprint density at radius 1 is 1.00 bits per heavy atom. The Kier molecular flexibility index (Phi) is 6.01. The van der Waals surface area contributed by atoms with E-state index in [1.165, 1.54) is 0 Å². The van der Waals surface area contributed by atoms with Crippen molar-refractivity contribution < 1.29 is 9.11 Å². The molecule has 0 radical (unpaired) electrons. The van der Waals surface area contributed by atoms with Crippen molar-refractivity contribution in [2.45, 2.75) is 12.5 Å². The lowest BCUT2D eigenvalue weighted by molar-refractivity contribution is 0.469. The average Bonchev–Trinajstić information content (AvgIpc) is 2.77. The molecule has 0 saturated carbocycles. The zero-order valence-electron chi connectivity index (χ0n) is 13.8. The Morgan fingerprint density at radius 3 is 2.21 bits per heavy atom. The fraction of sp³-hybridized carbons (Fsp3) is 0.294. The Balaban J connectivity index is 0.00000208. The number of nitrogens with zero attached hydrogens (tertiary/aromatic N) is 2. The van der Waals surface area contributed by atoms with Crippen molar-refractivity contribution in [3.05, 3.63) is 60.2 Å². The van der Waals surface area contributed by atoms with Crippen molar-refractivity contribution >= 4 is 34.7 Å². The summed E-state index contributed by atoms with van der Waals surface area (Å²) in [6, 6.07) is 17.6. The highest BCUT2D eigenvalue weighted by Crippen LogP contribution is 2.63. The van der Waals surface area contributed by atoms with E-state index in [1.807, 2.05) is 61.6 Å². The summed E-state index contributed by atoms with van der Waals surface area (Å²) in [5, 5.41) is 3.16. The molecule has 2 aromatic rings. The monoisotopic (exact) mass is 369 g/mol. The van der Waals surface area contributed by atoms with Gasteiger partial charge >= 0.3 is 0 Å². The van der Waals surface area contributed by atoms with Crippen molar-refractivity contribution in [3.8, 4) is 0 Å². The van der Waals surface area contributed by atoms with Gasteiger partial charge in [0.05, 0.1) is 17.4 Å². The van der Waals surface area contributed by atoms with Crippen molar-refractivity contribution in [2.75, 3.05) is 29.3 Å². The number of nitrogens with one attached hydrogen (secondary N) is 1. The first-order chi connectivity index (χ1) is 11.1. The van der Waals surface area contributed by atoms with Crippen LogP contribution in [-0.4, -0.2) is 29.7 Å². The van der Waals surface area contributed by atoms with Crippen molar-refractivity contribution in [2.24, 2.45) is 0 Å². The third-order valence-electron chi connectivity index (χ3n) is 4.22. The minimum absolute atomic E-state index is 0. The molecule has 0 aromatic heterocycles. The van der Waals surface area contributed by atoms with E-state index in [2.05, 4.69) is 5.32 Å². The van der Waals surface area contributed by atoms with Gasteiger partial charge in [-0.25, -0.2) is 4.31 Å². The van der Waals surface area contributed by atoms with Crippen molar-refractivity contribution in [3.63, 3.8) is 0 Å². The van der Waals surface area contributed by atoms with E-state index in [0.29, 0.717) is 0 Å². The van der Waals surface area contributed by atoms with Crippen molar-refractivity contribution in [1.29, 1.82) is 0 Å². The Hall–Kier alpha value is -1.44. The molecule has 0 fully saturated rings. The van der Waals surface area contributed by atoms with Crippen LogP contribution in [-0.2, 0) is 0 Å². The van der Waals surface area contributed by atoms with Crippen LogP contribution in [0.25, 0.3) is 0 Å². The van der Waals surface area contributed by atoms with Gasteiger partial charge in [-0.1, -0.05) is 42.5 Å². The van der Waals surface area contributed by atoms with Crippen LogP contribution in [0.2, 0.25) is 0 Å². The smallest absolute Gasteiger partial charge is 0.0844 e. The molecule has 1 aliphatic heterocycles. The van der Waals surface area contributed by atoms with Crippen LogP contribution < -0.4 is 13.9 Å². The molecule has 3 N–H and O–H groups in total. The summed E-state index contributed by atoms with van der Waals surface area (Å²) >= 11 is 0. The predicted octanol–water partition coefficient (Wildman–Crippen LogP) is 4.30. The zero-order chi connectivity index (χ0) is 16.4. The molecule has 24 heavy (non-hydrogen) atoms. The largest absolute Gasteiger partial charge is 0.320 e. The predicted molar refractivity (Wildman–Crippen MR) is 105 cm³/mol. The van der Waals surface area contributed by atoms with E-state index >= 15 is 0 Å². The third kappa shape index (κ3) is 3.20. The van der Waals surface area contributed by atoms with E-state index in [4.69, 9.17) is 0 Å². The maximum atomic E-state index is 10.8. The van der Waals surface area contributed by atoms with Gasteiger partial charge in [-0.3, -0.25) is 13.4 Å². The summed E-state index contributed by atoms with van der Waals surface area (Å²) in [5.41, 5.74) is 2.78. The molecule has 7 heteroatoms. The topological polar surface area (TPSA) is 59.0 Å². The highest BCUT2D eigenvalue weighted by molar-refractivity contribution is 8.26. The first-order valence-corrected chi connectivity index (χ1v) is 9.13. The van der Waals surface area contributed by atoms with Crippen LogP contribution >= 0.6 is 23.4 Å². The average molecular weight is 370 g/mol. The second-order valence-electron chi connectivity index (χ2n) is 5.62. The molecule has 0 unspecified atom stereocenters. The lowest BCUT2D eigenvalue weighted by atomic mass is 10.0. The second-order valence-corrected chi connectivity index (χ2v) is 7.54. The van der Waals surface area contributed by atoms with Crippen LogP contribution in [0, 0.1) is 0 Å². The first kappa shape index (κ1) is 18.9. The number of benzene rings is 2. The molecule has 0 aliphatic carbocycles. The van der Waals surface area contributed by atoms with Crippen LogP contribution in [0.4, 0.5) is 11.4 Å². The molecular weight excluding hydrogens is 346 g/mol. The highest BCUT2D eigenvalue weighted by atomic mass is 35.5. The summed E-state index contributed by atoms with van der Waals surface area (Å²) in [6.45, 7) is 0.789. The van der Waals surface area contributed by atoms with Gasteiger partial charge in [-0.15, -0.1) is 12.4 Å². The minimum atomic E-state index is -3.06. The fourth-order valence-electron chi connectivity index (χ4n) is 3.03. The number of para-hydroxylation sites is 2. The summed E-state index contributed by atoms with van der Waals surface area (Å²) in [5.74, 6) is 0. The van der Waals surface area contributed by atoms with E-state index in [-0.39, 0.29) is 18.4 Å². The molecule has 0 amide bonds. The molecule has 0 saturated heterocycles. The summed E-state index contributed by atoms with van der Waals surface area (Å²) in [4.78, 5) is 0. The molecule has 0 bridgehead atoms. The number of hydrogen-bond donors (Lipinski definition) is 3. The van der Waals surface area contributed by atoms with Gasteiger partial charge in [0.25, 0.3) is 0 Å². The fourth-order valence-corrected chi connectivity index (χ4v) is 4.70. The highest BCUT2D eigenvalue weighted by Gasteiger charge is 2.42. The zero-order valence-corrected chi connectivity index (χ0v) is 15.4. The van der Waals surface area contributed by atoms with Crippen LogP contribution in [0.1, 0.15) is 18.0 Å². The van der Waals surface area contributed by atoms with Gasteiger partial charge in [0, 0.05) is 7.05 Å². The van der Waals surface area contributed by atoms with Gasteiger partial charge in [-0.2, -0.15) is 0 Å².